The molecule has 0 radical (unpaired) electrons. The molecule has 0 aliphatic rings. The second-order valence-electron chi connectivity index (χ2n) is 4.51. The Morgan fingerprint density at radius 3 is 2.64 bits per heavy atom. The summed E-state index contributed by atoms with van der Waals surface area (Å²) in [6, 6.07) is 15.7. The van der Waals surface area contributed by atoms with Gasteiger partial charge in [0.2, 0.25) is 5.95 Å². The van der Waals surface area contributed by atoms with Crippen LogP contribution in [0.4, 0.5) is 27.5 Å². The number of hydrogen-bond donors (Lipinski definition) is 2. The minimum Gasteiger partial charge on any atom is -0.339 e. The van der Waals surface area contributed by atoms with Crippen LogP contribution in [-0.2, 0) is 0 Å². The van der Waals surface area contributed by atoms with Crippen molar-refractivity contribution in [2.75, 3.05) is 10.6 Å². The fourth-order valence-electron chi connectivity index (χ4n) is 1.88. The van der Waals surface area contributed by atoms with Crippen molar-refractivity contribution in [3.63, 3.8) is 0 Å². The van der Waals surface area contributed by atoms with Crippen molar-refractivity contribution >= 4 is 39.1 Å². The molecule has 0 aliphatic heterocycles. The number of nitrogens with one attached hydrogen (secondary N) is 2. The summed E-state index contributed by atoms with van der Waals surface area (Å²) in [4.78, 5) is 8.49. The van der Waals surface area contributed by atoms with Crippen LogP contribution < -0.4 is 10.6 Å². The van der Waals surface area contributed by atoms with E-state index in [1.54, 1.807) is 24.4 Å². The van der Waals surface area contributed by atoms with Crippen molar-refractivity contribution in [1.29, 1.82) is 0 Å². The number of anilines is 4. The standard InChI is InChI=1S/C16H12BrFN4/c17-13-6-1-2-7-14(13)21-15-8-9-19-16(22-15)20-12-5-3-4-11(18)10-12/h1-10H,(H2,19,20,21,22). The normalized spacial score (nSPS) is 10.3. The topological polar surface area (TPSA) is 49.8 Å². The van der Waals surface area contributed by atoms with E-state index in [1.165, 1.54) is 12.1 Å². The quantitative estimate of drug-likeness (QED) is 0.698. The average Bonchev–Trinajstić information content (AvgIpc) is 2.50. The molecule has 1 aromatic heterocycles. The Morgan fingerprint density at radius 1 is 0.955 bits per heavy atom. The average molecular weight is 359 g/mol. The van der Waals surface area contributed by atoms with Gasteiger partial charge in [-0.3, -0.25) is 0 Å². The highest BCUT2D eigenvalue weighted by molar-refractivity contribution is 9.10. The highest BCUT2D eigenvalue weighted by atomic mass is 79.9. The first kappa shape index (κ1) is 14.5. The fourth-order valence-corrected chi connectivity index (χ4v) is 2.27. The fraction of sp³-hybridized carbons (Fsp3) is 0. The molecule has 22 heavy (non-hydrogen) atoms. The Bertz CT molecular complexity index is 794. The monoisotopic (exact) mass is 358 g/mol. The summed E-state index contributed by atoms with van der Waals surface area (Å²) in [6.45, 7) is 0. The van der Waals surface area contributed by atoms with Gasteiger partial charge in [0, 0.05) is 16.4 Å². The lowest BCUT2D eigenvalue weighted by Gasteiger charge is -2.09. The van der Waals surface area contributed by atoms with Gasteiger partial charge in [0.25, 0.3) is 0 Å². The molecule has 2 N–H and O–H groups in total. The number of halogens is 2. The van der Waals surface area contributed by atoms with Crippen LogP contribution in [0.25, 0.3) is 0 Å². The summed E-state index contributed by atoms with van der Waals surface area (Å²) in [7, 11) is 0. The van der Waals surface area contributed by atoms with Crippen molar-refractivity contribution < 1.29 is 4.39 Å². The molecule has 0 bridgehead atoms. The van der Waals surface area contributed by atoms with Crippen molar-refractivity contribution in [1.82, 2.24) is 9.97 Å². The predicted molar refractivity (Wildman–Crippen MR) is 89.1 cm³/mol. The van der Waals surface area contributed by atoms with Gasteiger partial charge in [-0.1, -0.05) is 18.2 Å². The Labute approximate surface area is 135 Å². The van der Waals surface area contributed by atoms with Gasteiger partial charge in [0.05, 0.1) is 5.69 Å². The molecule has 4 nitrogen and oxygen atoms in total. The van der Waals surface area contributed by atoms with Crippen LogP contribution >= 0.6 is 15.9 Å². The molecule has 110 valence electrons. The lowest BCUT2D eigenvalue weighted by Crippen LogP contribution is -2.00. The molecule has 0 amide bonds. The minimum atomic E-state index is -0.313. The first-order valence-electron chi connectivity index (χ1n) is 6.58. The van der Waals surface area contributed by atoms with E-state index in [1.807, 2.05) is 24.3 Å². The molecule has 0 saturated carbocycles. The summed E-state index contributed by atoms with van der Waals surface area (Å²) in [5.74, 6) is 0.718. The van der Waals surface area contributed by atoms with Crippen molar-refractivity contribution in [2.45, 2.75) is 0 Å². The SMILES string of the molecule is Fc1cccc(Nc2nccc(Nc3ccccc3Br)n2)c1. The van der Waals surface area contributed by atoms with Gasteiger partial charge in [-0.25, -0.2) is 9.37 Å². The zero-order chi connectivity index (χ0) is 15.4. The molecule has 0 saturated heterocycles. The highest BCUT2D eigenvalue weighted by Crippen LogP contribution is 2.25. The van der Waals surface area contributed by atoms with Gasteiger partial charge in [-0.15, -0.1) is 0 Å². The zero-order valence-electron chi connectivity index (χ0n) is 11.4. The minimum absolute atomic E-state index is 0.313. The van der Waals surface area contributed by atoms with E-state index in [4.69, 9.17) is 0 Å². The summed E-state index contributed by atoms with van der Waals surface area (Å²) in [5.41, 5.74) is 1.50. The maximum Gasteiger partial charge on any atom is 0.229 e. The first-order chi connectivity index (χ1) is 10.7. The van der Waals surface area contributed by atoms with E-state index in [0.29, 0.717) is 17.5 Å². The third-order valence-electron chi connectivity index (χ3n) is 2.87. The molecule has 6 heteroatoms. The van der Waals surface area contributed by atoms with Gasteiger partial charge in [0.1, 0.15) is 11.6 Å². The van der Waals surface area contributed by atoms with Crippen LogP contribution in [0.3, 0.4) is 0 Å². The molecule has 3 aromatic rings. The van der Waals surface area contributed by atoms with E-state index >= 15 is 0 Å². The highest BCUT2D eigenvalue weighted by Gasteiger charge is 2.03. The Hall–Kier alpha value is -2.47. The zero-order valence-corrected chi connectivity index (χ0v) is 13.0. The van der Waals surface area contributed by atoms with E-state index in [0.717, 1.165) is 10.2 Å². The predicted octanol–water partition coefficient (Wildman–Crippen LogP) is 4.87. The smallest absolute Gasteiger partial charge is 0.229 e. The Balaban J connectivity index is 1.79. The van der Waals surface area contributed by atoms with Crippen molar-refractivity contribution in [2.24, 2.45) is 0 Å². The molecule has 0 unspecified atom stereocenters. The number of benzene rings is 2. The van der Waals surface area contributed by atoms with Crippen LogP contribution in [0.5, 0.6) is 0 Å². The second-order valence-corrected chi connectivity index (χ2v) is 5.36. The molecule has 1 heterocycles. The number of para-hydroxylation sites is 1. The molecule has 0 fully saturated rings. The number of rotatable bonds is 4. The van der Waals surface area contributed by atoms with Crippen LogP contribution in [-0.4, -0.2) is 9.97 Å². The van der Waals surface area contributed by atoms with Crippen molar-refractivity contribution in [3.05, 3.63) is 71.1 Å². The molecule has 2 aromatic carbocycles. The Kier molecular flexibility index (Phi) is 4.29. The first-order valence-corrected chi connectivity index (χ1v) is 7.37. The van der Waals surface area contributed by atoms with E-state index in [-0.39, 0.29) is 5.82 Å². The van der Waals surface area contributed by atoms with Gasteiger partial charge < -0.3 is 10.6 Å². The third-order valence-corrected chi connectivity index (χ3v) is 3.56. The van der Waals surface area contributed by atoms with E-state index in [2.05, 4.69) is 36.5 Å². The number of hydrogen-bond acceptors (Lipinski definition) is 4. The summed E-state index contributed by atoms with van der Waals surface area (Å²) < 4.78 is 14.1. The lowest BCUT2D eigenvalue weighted by atomic mass is 10.3. The molecule has 0 atom stereocenters. The van der Waals surface area contributed by atoms with Crippen LogP contribution in [0.2, 0.25) is 0 Å². The lowest BCUT2D eigenvalue weighted by molar-refractivity contribution is 0.628. The second kappa shape index (κ2) is 6.53. The largest absolute Gasteiger partial charge is 0.339 e. The maximum atomic E-state index is 13.2. The summed E-state index contributed by atoms with van der Waals surface area (Å²) in [5, 5.41) is 6.17. The molecular formula is C16H12BrFN4. The molecule has 3 rings (SSSR count). The van der Waals surface area contributed by atoms with Gasteiger partial charge in [-0.05, 0) is 52.3 Å². The molecule has 0 spiro atoms. The Morgan fingerprint density at radius 2 is 1.82 bits per heavy atom. The van der Waals surface area contributed by atoms with Crippen LogP contribution in [0.15, 0.2) is 65.3 Å². The van der Waals surface area contributed by atoms with E-state index < -0.39 is 0 Å². The van der Waals surface area contributed by atoms with Crippen LogP contribution in [0.1, 0.15) is 0 Å². The molecule has 0 aliphatic carbocycles. The van der Waals surface area contributed by atoms with Gasteiger partial charge in [0.15, 0.2) is 0 Å². The van der Waals surface area contributed by atoms with Crippen molar-refractivity contribution in [3.8, 4) is 0 Å². The third kappa shape index (κ3) is 3.59. The molecular weight excluding hydrogens is 347 g/mol. The van der Waals surface area contributed by atoms with Crippen LogP contribution in [0, 0.1) is 5.82 Å². The van der Waals surface area contributed by atoms with Gasteiger partial charge >= 0.3 is 0 Å². The summed E-state index contributed by atoms with van der Waals surface area (Å²) in [6.07, 6.45) is 1.63. The number of nitrogens with zero attached hydrogens (tertiary/aromatic N) is 2. The van der Waals surface area contributed by atoms with Gasteiger partial charge in [-0.2, -0.15) is 4.98 Å². The summed E-state index contributed by atoms with van der Waals surface area (Å²) >= 11 is 3.47. The number of aromatic nitrogens is 2. The maximum absolute atomic E-state index is 13.2. The van der Waals surface area contributed by atoms with E-state index in [9.17, 15) is 4.39 Å².